The van der Waals surface area contributed by atoms with Gasteiger partial charge in [0.05, 0.1) is 6.10 Å². The SMILES string of the molecule is CCCC1CCC(O)C(CC2CCOCC2)C1. The second kappa shape index (κ2) is 6.75. The summed E-state index contributed by atoms with van der Waals surface area (Å²) in [4.78, 5) is 0. The Labute approximate surface area is 106 Å². The molecule has 2 heteroatoms. The first kappa shape index (κ1) is 13.4. The normalized spacial score (nSPS) is 36.0. The fourth-order valence-electron chi connectivity index (χ4n) is 3.68. The molecule has 3 atom stereocenters. The monoisotopic (exact) mass is 240 g/mol. The van der Waals surface area contributed by atoms with Crippen LogP contribution in [-0.4, -0.2) is 24.4 Å². The van der Waals surface area contributed by atoms with Crippen molar-refractivity contribution in [2.75, 3.05) is 13.2 Å². The summed E-state index contributed by atoms with van der Waals surface area (Å²) in [5.41, 5.74) is 0. The van der Waals surface area contributed by atoms with Gasteiger partial charge < -0.3 is 9.84 Å². The Morgan fingerprint density at radius 2 is 1.82 bits per heavy atom. The molecule has 2 nitrogen and oxygen atoms in total. The molecule has 1 aliphatic heterocycles. The molecule has 1 saturated heterocycles. The molecule has 2 fully saturated rings. The Kier molecular flexibility index (Phi) is 5.30. The molecule has 0 aromatic heterocycles. The van der Waals surface area contributed by atoms with E-state index in [1.165, 1.54) is 44.9 Å². The maximum Gasteiger partial charge on any atom is 0.0568 e. The zero-order valence-corrected chi connectivity index (χ0v) is 11.2. The van der Waals surface area contributed by atoms with Crippen LogP contribution in [-0.2, 0) is 4.74 Å². The van der Waals surface area contributed by atoms with Gasteiger partial charge in [-0.1, -0.05) is 19.8 Å². The fraction of sp³-hybridized carbons (Fsp3) is 1.00. The molecular weight excluding hydrogens is 212 g/mol. The third kappa shape index (κ3) is 3.96. The highest BCUT2D eigenvalue weighted by atomic mass is 16.5. The largest absolute Gasteiger partial charge is 0.393 e. The standard InChI is InChI=1S/C15H28O2/c1-2-3-12-4-5-15(16)14(10-12)11-13-6-8-17-9-7-13/h12-16H,2-11H2,1H3. The maximum absolute atomic E-state index is 10.2. The predicted molar refractivity (Wildman–Crippen MR) is 69.9 cm³/mol. The van der Waals surface area contributed by atoms with Crippen LogP contribution in [0.5, 0.6) is 0 Å². The van der Waals surface area contributed by atoms with Crippen molar-refractivity contribution in [2.45, 2.75) is 64.4 Å². The van der Waals surface area contributed by atoms with E-state index in [9.17, 15) is 5.11 Å². The third-order valence-electron chi connectivity index (χ3n) is 4.72. The Morgan fingerprint density at radius 3 is 2.53 bits per heavy atom. The van der Waals surface area contributed by atoms with Crippen LogP contribution >= 0.6 is 0 Å². The number of rotatable bonds is 4. The summed E-state index contributed by atoms with van der Waals surface area (Å²) in [5.74, 6) is 2.26. The van der Waals surface area contributed by atoms with Crippen molar-refractivity contribution in [1.29, 1.82) is 0 Å². The molecule has 100 valence electrons. The molecule has 1 aliphatic carbocycles. The van der Waals surface area contributed by atoms with Gasteiger partial charge in [-0.2, -0.15) is 0 Å². The minimum Gasteiger partial charge on any atom is -0.393 e. The highest BCUT2D eigenvalue weighted by Gasteiger charge is 2.30. The van der Waals surface area contributed by atoms with E-state index < -0.39 is 0 Å². The number of aliphatic hydroxyl groups excluding tert-OH is 1. The Hall–Kier alpha value is -0.0800. The average Bonchev–Trinajstić information content (AvgIpc) is 2.35. The van der Waals surface area contributed by atoms with Crippen LogP contribution in [0.25, 0.3) is 0 Å². The second-order valence-corrected chi connectivity index (χ2v) is 6.09. The quantitative estimate of drug-likeness (QED) is 0.816. The lowest BCUT2D eigenvalue weighted by molar-refractivity contribution is 0.0108. The van der Waals surface area contributed by atoms with Gasteiger partial charge in [-0.25, -0.2) is 0 Å². The molecule has 17 heavy (non-hydrogen) atoms. The Morgan fingerprint density at radius 1 is 1.06 bits per heavy atom. The van der Waals surface area contributed by atoms with Gasteiger partial charge in [-0.15, -0.1) is 0 Å². The van der Waals surface area contributed by atoms with Crippen LogP contribution in [0.15, 0.2) is 0 Å². The van der Waals surface area contributed by atoms with Crippen LogP contribution in [0.4, 0.5) is 0 Å². The molecule has 1 heterocycles. The van der Waals surface area contributed by atoms with Gasteiger partial charge in [-0.05, 0) is 56.3 Å². The van der Waals surface area contributed by atoms with Crippen LogP contribution in [0.1, 0.15) is 58.3 Å². The highest BCUT2D eigenvalue weighted by molar-refractivity contribution is 4.82. The van der Waals surface area contributed by atoms with Crippen molar-refractivity contribution in [3.05, 3.63) is 0 Å². The molecule has 1 saturated carbocycles. The van der Waals surface area contributed by atoms with E-state index in [0.29, 0.717) is 5.92 Å². The lowest BCUT2D eigenvalue weighted by Gasteiger charge is -2.36. The number of ether oxygens (including phenoxy) is 1. The first-order chi connectivity index (χ1) is 8.29. The van der Waals surface area contributed by atoms with E-state index in [-0.39, 0.29) is 6.10 Å². The summed E-state index contributed by atoms with van der Waals surface area (Å²) < 4.78 is 5.41. The molecule has 0 spiro atoms. The lowest BCUT2D eigenvalue weighted by Crippen LogP contribution is -2.32. The van der Waals surface area contributed by atoms with Crippen LogP contribution in [0, 0.1) is 17.8 Å². The zero-order chi connectivity index (χ0) is 12.1. The molecule has 1 N–H and O–H groups in total. The molecule has 0 radical (unpaired) electrons. The smallest absolute Gasteiger partial charge is 0.0568 e. The second-order valence-electron chi connectivity index (χ2n) is 6.09. The lowest BCUT2D eigenvalue weighted by atomic mass is 9.73. The first-order valence-corrected chi connectivity index (χ1v) is 7.55. The molecule has 2 aliphatic rings. The maximum atomic E-state index is 10.2. The first-order valence-electron chi connectivity index (χ1n) is 7.55. The van der Waals surface area contributed by atoms with Crippen molar-refractivity contribution in [3.63, 3.8) is 0 Å². The molecular formula is C15H28O2. The van der Waals surface area contributed by atoms with Crippen molar-refractivity contribution >= 4 is 0 Å². The minimum absolute atomic E-state index is 0.0223. The van der Waals surface area contributed by atoms with Crippen molar-refractivity contribution < 1.29 is 9.84 Å². The van der Waals surface area contributed by atoms with E-state index in [2.05, 4.69) is 6.92 Å². The van der Waals surface area contributed by atoms with Crippen molar-refractivity contribution in [3.8, 4) is 0 Å². The van der Waals surface area contributed by atoms with E-state index in [1.807, 2.05) is 0 Å². The Balaban J connectivity index is 1.80. The van der Waals surface area contributed by atoms with Gasteiger partial charge in [0.15, 0.2) is 0 Å². The van der Waals surface area contributed by atoms with Gasteiger partial charge in [0, 0.05) is 13.2 Å². The molecule has 0 amide bonds. The van der Waals surface area contributed by atoms with Gasteiger partial charge in [0.25, 0.3) is 0 Å². The fourth-order valence-corrected chi connectivity index (χ4v) is 3.68. The molecule has 0 aromatic carbocycles. The summed E-state index contributed by atoms with van der Waals surface area (Å²) in [6, 6.07) is 0. The van der Waals surface area contributed by atoms with Gasteiger partial charge in [-0.3, -0.25) is 0 Å². The van der Waals surface area contributed by atoms with Crippen LogP contribution in [0.2, 0.25) is 0 Å². The number of aliphatic hydroxyl groups is 1. The van der Waals surface area contributed by atoms with E-state index in [0.717, 1.165) is 31.5 Å². The summed E-state index contributed by atoms with van der Waals surface area (Å²) in [6.45, 7) is 4.15. The van der Waals surface area contributed by atoms with E-state index in [4.69, 9.17) is 4.74 Å². The highest BCUT2D eigenvalue weighted by Crippen LogP contribution is 2.37. The summed E-state index contributed by atoms with van der Waals surface area (Å²) in [5, 5.41) is 10.2. The molecule has 3 unspecified atom stereocenters. The third-order valence-corrected chi connectivity index (χ3v) is 4.72. The van der Waals surface area contributed by atoms with Gasteiger partial charge in [0.2, 0.25) is 0 Å². The van der Waals surface area contributed by atoms with Gasteiger partial charge >= 0.3 is 0 Å². The molecule has 2 rings (SSSR count). The van der Waals surface area contributed by atoms with Crippen molar-refractivity contribution in [1.82, 2.24) is 0 Å². The minimum atomic E-state index is -0.0223. The van der Waals surface area contributed by atoms with Crippen LogP contribution in [0.3, 0.4) is 0 Å². The number of hydrogen-bond donors (Lipinski definition) is 1. The van der Waals surface area contributed by atoms with Gasteiger partial charge in [0.1, 0.15) is 0 Å². The predicted octanol–water partition coefficient (Wildman–Crippen LogP) is 3.38. The van der Waals surface area contributed by atoms with E-state index in [1.54, 1.807) is 0 Å². The summed E-state index contributed by atoms with van der Waals surface area (Å²) >= 11 is 0. The topological polar surface area (TPSA) is 29.5 Å². The number of hydrogen-bond acceptors (Lipinski definition) is 2. The molecule has 0 aromatic rings. The Bertz CT molecular complexity index is 211. The zero-order valence-electron chi connectivity index (χ0n) is 11.2. The van der Waals surface area contributed by atoms with Crippen molar-refractivity contribution in [2.24, 2.45) is 17.8 Å². The van der Waals surface area contributed by atoms with Crippen LogP contribution < -0.4 is 0 Å². The summed E-state index contributed by atoms with van der Waals surface area (Å²) in [7, 11) is 0. The average molecular weight is 240 g/mol. The van der Waals surface area contributed by atoms with E-state index >= 15 is 0 Å². The molecule has 0 bridgehead atoms. The summed E-state index contributed by atoms with van der Waals surface area (Å²) in [6.07, 6.45) is 9.85.